The highest BCUT2D eigenvalue weighted by molar-refractivity contribution is 5.70. The van der Waals surface area contributed by atoms with E-state index >= 15 is 0 Å². The van der Waals surface area contributed by atoms with Crippen LogP contribution in [0.5, 0.6) is 28.7 Å². The van der Waals surface area contributed by atoms with Crippen molar-refractivity contribution in [1.29, 1.82) is 0 Å². The SMILES string of the molecule is COc1cc(OC)c2c(c1)C1c3cc(OC)c(OC)cc3C(C2)c2cc(C)cc(OC)c21. The molecule has 0 fully saturated rings. The van der Waals surface area contributed by atoms with Crippen molar-refractivity contribution in [2.75, 3.05) is 35.5 Å². The largest absolute Gasteiger partial charge is 0.497 e. The first-order valence-corrected chi connectivity index (χ1v) is 10.7. The van der Waals surface area contributed by atoms with E-state index in [0.29, 0.717) is 0 Å². The van der Waals surface area contributed by atoms with Gasteiger partial charge in [-0.25, -0.2) is 0 Å². The Morgan fingerprint density at radius 1 is 0.594 bits per heavy atom. The highest BCUT2D eigenvalue weighted by Crippen LogP contribution is 2.57. The van der Waals surface area contributed by atoms with Crippen LogP contribution in [0.4, 0.5) is 0 Å². The highest BCUT2D eigenvalue weighted by Gasteiger charge is 2.42. The highest BCUT2D eigenvalue weighted by atomic mass is 16.5. The second kappa shape index (κ2) is 7.66. The van der Waals surface area contributed by atoms with E-state index in [1.165, 1.54) is 38.9 Å². The fourth-order valence-corrected chi connectivity index (χ4v) is 5.51. The van der Waals surface area contributed by atoms with E-state index in [9.17, 15) is 0 Å². The van der Waals surface area contributed by atoms with E-state index in [1.807, 2.05) is 6.07 Å². The molecule has 3 aliphatic carbocycles. The van der Waals surface area contributed by atoms with Crippen LogP contribution < -0.4 is 23.7 Å². The molecule has 0 saturated carbocycles. The minimum atomic E-state index is -0.0342. The van der Waals surface area contributed by atoms with Crippen LogP contribution in [-0.2, 0) is 6.42 Å². The average molecular weight is 433 g/mol. The predicted octanol–water partition coefficient (Wildman–Crippen LogP) is 5.22. The summed E-state index contributed by atoms with van der Waals surface area (Å²) in [4.78, 5) is 0. The van der Waals surface area contributed by atoms with Crippen LogP contribution in [0.15, 0.2) is 36.4 Å². The lowest BCUT2D eigenvalue weighted by molar-refractivity contribution is 0.353. The fraction of sp³-hybridized carbons (Fsp3) is 0.333. The van der Waals surface area contributed by atoms with Crippen molar-refractivity contribution in [3.05, 3.63) is 75.3 Å². The zero-order chi connectivity index (χ0) is 22.6. The zero-order valence-electron chi connectivity index (χ0n) is 19.4. The smallest absolute Gasteiger partial charge is 0.161 e. The Bertz CT molecular complexity index is 1210. The molecule has 2 atom stereocenters. The van der Waals surface area contributed by atoms with Gasteiger partial charge >= 0.3 is 0 Å². The lowest BCUT2D eigenvalue weighted by atomic mass is 9.71. The van der Waals surface area contributed by atoms with E-state index in [0.717, 1.165) is 35.2 Å². The number of benzene rings is 3. The second-order valence-corrected chi connectivity index (χ2v) is 8.39. The summed E-state index contributed by atoms with van der Waals surface area (Å²) in [6, 6.07) is 12.8. The van der Waals surface area contributed by atoms with E-state index in [1.54, 1.807) is 35.5 Å². The van der Waals surface area contributed by atoms with Crippen LogP contribution in [-0.4, -0.2) is 35.5 Å². The van der Waals surface area contributed by atoms with Crippen LogP contribution in [0.2, 0.25) is 0 Å². The molecule has 2 bridgehead atoms. The first-order chi connectivity index (χ1) is 15.5. The molecular formula is C27H28O5. The molecular weight excluding hydrogens is 404 g/mol. The van der Waals surface area contributed by atoms with E-state index < -0.39 is 0 Å². The zero-order valence-corrected chi connectivity index (χ0v) is 19.4. The molecule has 6 rings (SSSR count). The third-order valence-corrected chi connectivity index (χ3v) is 6.87. The topological polar surface area (TPSA) is 46.2 Å². The van der Waals surface area contributed by atoms with Crippen LogP contribution in [0.1, 0.15) is 50.8 Å². The Hall–Kier alpha value is -3.34. The number of methoxy groups -OCH3 is 5. The molecule has 3 aliphatic rings. The maximum Gasteiger partial charge on any atom is 0.161 e. The molecule has 0 radical (unpaired) electrons. The average Bonchev–Trinajstić information content (AvgIpc) is 3.05. The van der Waals surface area contributed by atoms with Gasteiger partial charge in [-0.2, -0.15) is 0 Å². The summed E-state index contributed by atoms with van der Waals surface area (Å²) >= 11 is 0. The third kappa shape index (κ3) is 2.84. The van der Waals surface area contributed by atoms with Gasteiger partial charge in [0.1, 0.15) is 17.2 Å². The van der Waals surface area contributed by atoms with Crippen LogP contribution in [0.3, 0.4) is 0 Å². The maximum absolute atomic E-state index is 5.93. The molecule has 166 valence electrons. The fourth-order valence-electron chi connectivity index (χ4n) is 5.51. The Balaban J connectivity index is 1.91. The van der Waals surface area contributed by atoms with Gasteiger partial charge in [-0.1, -0.05) is 6.07 Å². The van der Waals surface area contributed by atoms with Crippen LogP contribution >= 0.6 is 0 Å². The van der Waals surface area contributed by atoms with Gasteiger partial charge in [-0.3, -0.25) is 0 Å². The lowest BCUT2D eigenvalue weighted by Gasteiger charge is -2.33. The molecule has 0 aliphatic heterocycles. The number of hydrogen-bond acceptors (Lipinski definition) is 5. The molecule has 0 heterocycles. The summed E-state index contributed by atoms with van der Waals surface area (Å²) in [6.45, 7) is 2.12. The summed E-state index contributed by atoms with van der Waals surface area (Å²) in [6.07, 6.45) is 0.821. The number of rotatable bonds is 5. The molecule has 0 aromatic heterocycles. The van der Waals surface area contributed by atoms with E-state index in [4.69, 9.17) is 23.7 Å². The molecule has 0 amide bonds. The van der Waals surface area contributed by atoms with Crippen molar-refractivity contribution >= 4 is 0 Å². The van der Waals surface area contributed by atoms with Crippen molar-refractivity contribution in [3.8, 4) is 28.7 Å². The predicted molar refractivity (Wildman–Crippen MR) is 123 cm³/mol. The first-order valence-electron chi connectivity index (χ1n) is 10.7. The Morgan fingerprint density at radius 3 is 1.88 bits per heavy atom. The van der Waals surface area contributed by atoms with Crippen LogP contribution in [0, 0.1) is 6.92 Å². The minimum Gasteiger partial charge on any atom is -0.497 e. The van der Waals surface area contributed by atoms with Gasteiger partial charge in [0.05, 0.1) is 35.5 Å². The summed E-state index contributed by atoms with van der Waals surface area (Å²) in [5, 5.41) is 0. The third-order valence-electron chi connectivity index (χ3n) is 6.87. The normalized spacial score (nSPS) is 17.6. The summed E-state index contributed by atoms with van der Waals surface area (Å²) in [5.41, 5.74) is 8.53. The van der Waals surface area contributed by atoms with Crippen LogP contribution in [0.25, 0.3) is 0 Å². The van der Waals surface area contributed by atoms with Gasteiger partial charge < -0.3 is 23.7 Å². The van der Waals surface area contributed by atoms with Gasteiger partial charge in [0.25, 0.3) is 0 Å². The molecule has 3 aromatic rings. The van der Waals surface area contributed by atoms with Gasteiger partial charge in [0, 0.05) is 23.5 Å². The standard InChI is InChI=1S/C27H28O5/c1-14-7-19-16-11-18-20(9-15(28-2)10-22(18)29-3)26(27(19)25(8-14)32-6)21-13-24(31-5)23(30-4)12-17(16)21/h7-10,12-13,16,26H,11H2,1-6H3. The van der Waals surface area contributed by atoms with Gasteiger partial charge in [0.15, 0.2) is 11.5 Å². The quantitative estimate of drug-likeness (QED) is 0.553. The Kier molecular flexibility index (Phi) is 4.92. The van der Waals surface area contributed by atoms with Gasteiger partial charge in [-0.05, 0) is 71.0 Å². The Labute approximate surface area is 188 Å². The minimum absolute atomic E-state index is 0.0342. The molecule has 0 saturated heterocycles. The van der Waals surface area contributed by atoms with Crippen molar-refractivity contribution in [2.45, 2.75) is 25.2 Å². The second-order valence-electron chi connectivity index (χ2n) is 8.39. The summed E-state index contributed by atoms with van der Waals surface area (Å²) in [7, 11) is 8.52. The lowest BCUT2D eigenvalue weighted by Crippen LogP contribution is -2.18. The summed E-state index contributed by atoms with van der Waals surface area (Å²) < 4.78 is 28.8. The molecule has 3 aromatic carbocycles. The summed E-state index contributed by atoms with van der Waals surface area (Å²) in [5.74, 6) is 4.12. The molecule has 0 N–H and O–H groups in total. The molecule has 0 spiro atoms. The van der Waals surface area contributed by atoms with Gasteiger partial charge in [-0.15, -0.1) is 0 Å². The number of aryl methyl sites for hydroxylation is 1. The van der Waals surface area contributed by atoms with Crippen molar-refractivity contribution in [1.82, 2.24) is 0 Å². The van der Waals surface area contributed by atoms with E-state index in [-0.39, 0.29) is 11.8 Å². The van der Waals surface area contributed by atoms with Crippen molar-refractivity contribution in [2.24, 2.45) is 0 Å². The number of ether oxygens (including phenoxy) is 5. The Morgan fingerprint density at radius 2 is 1.25 bits per heavy atom. The van der Waals surface area contributed by atoms with Crippen molar-refractivity contribution < 1.29 is 23.7 Å². The van der Waals surface area contributed by atoms with Gasteiger partial charge in [0.2, 0.25) is 0 Å². The first kappa shape index (κ1) is 20.6. The van der Waals surface area contributed by atoms with Crippen molar-refractivity contribution in [3.63, 3.8) is 0 Å². The molecule has 5 heteroatoms. The molecule has 5 nitrogen and oxygen atoms in total. The monoisotopic (exact) mass is 432 g/mol. The molecule has 2 unspecified atom stereocenters. The molecule has 32 heavy (non-hydrogen) atoms. The maximum atomic E-state index is 5.93. The number of hydrogen-bond donors (Lipinski definition) is 0. The van der Waals surface area contributed by atoms with E-state index in [2.05, 4.69) is 37.3 Å².